The molecule has 0 aliphatic rings. The first-order valence-corrected chi connectivity index (χ1v) is 5.95. The monoisotopic (exact) mass is 223 g/mol. The predicted molar refractivity (Wildman–Crippen MR) is 64.0 cm³/mol. The van der Waals surface area contributed by atoms with E-state index in [0.29, 0.717) is 6.42 Å². The Balaban J connectivity index is 2.64. The Labute approximate surface area is 92.7 Å². The van der Waals surface area contributed by atoms with E-state index in [9.17, 15) is 4.39 Å². The quantitative estimate of drug-likeness (QED) is 0.847. The fourth-order valence-electron chi connectivity index (χ4n) is 1.79. The van der Waals surface area contributed by atoms with Crippen molar-refractivity contribution in [2.75, 3.05) is 6.54 Å². The summed E-state index contributed by atoms with van der Waals surface area (Å²) in [7, 11) is 0. The Bertz CT molecular complexity index is 459. The molecular weight excluding hydrogens is 209 g/mol. The molecule has 0 saturated heterocycles. The summed E-state index contributed by atoms with van der Waals surface area (Å²) in [5, 5.41) is 3.09. The van der Waals surface area contributed by atoms with E-state index in [-0.39, 0.29) is 6.54 Å². The van der Waals surface area contributed by atoms with Crippen molar-refractivity contribution in [3.05, 3.63) is 35.2 Å². The van der Waals surface area contributed by atoms with E-state index < -0.39 is 5.67 Å². The molecule has 15 heavy (non-hydrogen) atoms. The highest BCUT2D eigenvalue weighted by Crippen LogP contribution is 2.36. The topological polar surface area (TPSA) is 26.0 Å². The van der Waals surface area contributed by atoms with Crippen LogP contribution in [0.15, 0.2) is 29.6 Å². The van der Waals surface area contributed by atoms with Crippen molar-refractivity contribution in [1.82, 2.24) is 0 Å². The van der Waals surface area contributed by atoms with Crippen LogP contribution >= 0.6 is 11.3 Å². The van der Waals surface area contributed by atoms with E-state index in [2.05, 4.69) is 0 Å². The van der Waals surface area contributed by atoms with E-state index >= 15 is 0 Å². The van der Waals surface area contributed by atoms with Gasteiger partial charge in [-0.05, 0) is 23.3 Å². The van der Waals surface area contributed by atoms with Crippen molar-refractivity contribution in [2.45, 2.75) is 19.0 Å². The van der Waals surface area contributed by atoms with Crippen molar-refractivity contribution < 1.29 is 4.39 Å². The van der Waals surface area contributed by atoms with E-state index in [1.165, 1.54) is 0 Å². The van der Waals surface area contributed by atoms with Gasteiger partial charge in [-0.15, -0.1) is 11.3 Å². The minimum Gasteiger partial charge on any atom is -0.327 e. The number of hydrogen-bond acceptors (Lipinski definition) is 2. The maximum absolute atomic E-state index is 14.5. The number of thiophene rings is 1. The van der Waals surface area contributed by atoms with Crippen molar-refractivity contribution in [3.8, 4) is 0 Å². The second-order valence-electron chi connectivity index (χ2n) is 3.67. The molecule has 1 atom stereocenters. The molecule has 80 valence electrons. The third-order valence-corrected chi connectivity index (χ3v) is 3.81. The standard InChI is InChI=1S/C12H14FNS/c1-2-12(13,8-14)10-5-3-4-9-6-7-15-11(9)10/h3-7H,2,8,14H2,1H3. The molecule has 0 spiro atoms. The van der Waals surface area contributed by atoms with Crippen LogP contribution in [0.25, 0.3) is 10.1 Å². The summed E-state index contributed by atoms with van der Waals surface area (Å²) in [6.07, 6.45) is 0.417. The van der Waals surface area contributed by atoms with Crippen LogP contribution in [0.2, 0.25) is 0 Å². The molecule has 0 amide bonds. The molecule has 3 heteroatoms. The molecule has 1 unspecified atom stereocenters. The number of benzene rings is 1. The Kier molecular flexibility index (Phi) is 2.76. The summed E-state index contributed by atoms with van der Waals surface area (Å²) >= 11 is 1.58. The third-order valence-electron chi connectivity index (χ3n) is 2.85. The van der Waals surface area contributed by atoms with Crippen LogP contribution in [0.4, 0.5) is 4.39 Å². The molecular formula is C12H14FNS. The van der Waals surface area contributed by atoms with Gasteiger partial charge in [-0.3, -0.25) is 0 Å². The van der Waals surface area contributed by atoms with Gasteiger partial charge in [-0.2, -0.15) is 0 Å². The second-order valence-corrected chi connectivity index (χ2v) is 4.58. The lowest BCUT2D eigenvalue weighted by atomic mass is 9.92. The first kappa shape index (κ1) is 10.6. The third kappa shape index (κ3) is 1.66. The molecule has 2 rings (SSSR count). The van der Waals surface area contributed by atoms with Gasteiger partial charge in [0.15, 0.2) is 0 Å². The summed E-state index contributed by atoms with van der Waals surface area (Å²) in [5.41, 5.74) is 4.89. The first-order chi connectivity index (χ1) is 7.21. The molecule has 2 N–H and O–H groups in total. The SMILES string of the molecule is CCC(F)(CN)c1cccc2ccsc12. The van der Waals surface area contributed by atoms with Crippen molar-refractivity contribution >= 4 is 21.4 Å². The molecule has 0 saturated carbocycles. The van der Waals surface area contributed by atoms with Crippen LogP contribution in [-0.4, -0.2) is 6.54 Å². The number of hydrogen-bond donors (Lipinski definition) is 1. The zero-order chi connectivity index (χ0) is 10.9. The summed E-state index contributed by atoms with van der Waals surface area (Å²) in [6, 6.07) is 7.75. The summed E-state index contributed by atoms with van der Waals surface area (Å²) in [5.74, 6) is 0. The molecule has 1 aromatic heterocycles. The van der Waals surface area contributed by atoms with Crippen LogP contribution < -0.4 is 5.73 Å². The smallest absolute Gasteiger partial charge is 0.149 e. The molecule has 0 fully saturated rings. The molecule has 1 nitrogen and oxygen atoms in total. The van der Waals surface area contributed by atoms with Gasteiger partial charge in [0.05, 0.1) is 0 Å². The van der Waals surface area contributed by atoms with Gasteiger partial charge in [-0.25, -0.2) is 4.39 Å². The predicted octanol–water partition coefficient (Wildman–Crippen LogP) is 3.43. The van der Waals surface area contributed by atoms with E-state index in [4.69, 9.17) is 5.73 Å². The Hall–Kier alpha value is -0.930. The number of fused-ring (bicyclic) bond motifs is 1. The maximum atomic E-state index is 14.5. The zero-order valence-electron chi connectivity index (χ0n) is 8.66. The van der Waals surface area contributed by atoms with Crippen LogP contribution in [0.3, 0.4) is 0 Å². The fourth-order valence-corrected chi connectivity index (χ4v) is 2.79. The molecule has 0 aliphatic carbocycles. The highest BCUT2D eigenvalue weighted by molar-refractivity contribution is 7.17. The van der Waals surface area contributed by atoms with Crippen molar-refractivity contribution in [1.29, 1.82) is 0 Å². The number of nitrogens with two attached hydrogens (primary N) is 1. The Morgan fingerprint density at radius 1 is 1.40 bits per heavy atom. The average molecular weight is 223 g/mol. The van der Waals surface area contributed by atoms with Crippen LogP contribution in [-0.2, 0) is 5.67 Å². The lowest BCUT2D eigenvalue weighted by molar-refractivity contribution is 0.171. The Morgan fingerprint density at radius 2 is 2.20 bits per heavy atom. The van der Waals surface area contributed by atoms with Gasteiger partial charge in [0, 0.05) is 16.8 Å². The van der Waals surface area contributed by atoms with Crippen LogP contribution in [0.1, 0.15) is 18.9 Å². The van der Waals surface area contributed by atoms with Crippen LogP contribution in [0, 0.1) is 0 Å². The Morgan fingerprint density at radius 3 is 2.87 bits per heavy atom. The molecule has 1 heterocycles. The highest BCUT2D eigenvalue weighted by atomic mass is 32.1. The van der Waals surface area contributed by atoms with Gasteiger partial charge in [0.1, 0.15) is 5.67 Å². The largest absolute Gasteiger partial charge is 0.327 e. The van der Waals surface area contributed by atoms with Gasteiger partial charge in [-0.1, -0.05) is 25.1 Å². The number of halogens is 1. The lowest BCUT2D eigenvalue weighted by Crippen LogP contribution is -2.29. The number of alkyl halides is 1. The van der Waals surface area contributed by atoms with E-state index in [0.717, 1.165) is 15.6 Å². The number of rotatable bonds is 3. The first-order valence-electron chi connectivity index (χ1n) is 5.07. The molecule has 2 aromatic rings. The highest BCUT2D eigenvalue weighted by Gasteiger charge is 2.30. The minimum absolute atomic E-state index is 0.0422. The lowest BCUT2D eigenvalue weighted by Gasteiger charge is -2.22. The summed E-state index contributed by atoms with van der Waals surface area (Å²) < 4.78 is 15.5. The van der Waals surface area contributed by atoms with Gasteiger partial charge in [0.25, 0.3) is 0 Å². The van der Waals surface area contributed by atoms with Gasteiger partial charge in [0.2, 0.25) is 0 Å². The van der Waals surface area contributed by atoms with Crippen molar-refractivity contribution in [2.24, 2.45) is 5.73 Å². The maximum Gasteiger partial charge on any atom is 0.149 e. The van der Waals surface area contributed by atoms with Gasteiger partial charge < -0.3 is 5.73 Å². The normalized spacial score (nSPS) is 15.4. The van der Waals surface area contributed by atoms with Gasteiger partial charge >= 0.3 is 0 Å². The average Bonchev–Trinajstić information content (AvgIpc) is 2.75. The summed E-state index contributed by atoms with van der Waals surface area (Å²) in [6.45, 7) is 1.87. The minimum atomic E-state index is -1.38. The van der Waals surface area contributed by atoms with Crippen molar-refractivity contribution in [3.63, 3.8) is 0 Å². The molecule has 0 bridgehead atoms. The fraction of sp³-hybridized carbons (Fsp3) is 0.333. The molecule has 1 aromatic carbocycles. The molecule has 0 radical (unpaired) electrons. The summed E-state index contributed by atoms with van der Waals surface area (Å²) in [4.78, 5) is 0. The zero-order valence-corrected chi connectivity index (χ0v) is 9.48. The molecule has 0 aliphatic heterocycles. The van der Waals surface area contributed by atoms with E-state index in [1.54, 1.807) is 11.3 Å². The van der Waals surface area contributed by atoms with E-state index in [1.807, 2.05) is 36.6 Å². The second kappa shape index (κ2) is 3.91. The van der Waals surface area contributed by atoms with Crippen LogP contribution in [0.5, 0.6) is 0 Å².